The highest BCUT2D eigenvalue weighted by atomic mass is 79.9. The zero-order valence-electron chi connectivity index (χ0n) is 9.07. The fourth-order valence-electron chi connectivity index (χ4n) is 1.41. The van der Waals surface area contributed by atoms with Crippen molar-refractivity contribution in [1.82, 2.24) is 9.78 Å². The number of halogens is 1. The summed E-state index contributed by atoms with van der Waals surface area (Å²) in [5, 5.41) is 13.3. The molecule has 15 heavy (non-hydrogen) atoms. The first-order valence-corrected chi connectivity index (χ1v) is 5.74. The summed E-state index contributed by atoms with van der Waals surface area (Å²) in [5.74, 6) is -0.560. The molecule has 0 spiro atoms. The smallest absolute Gasteiger partial charge is 0.328 e. The van der Waals surface area contributed by atoms with Crippen molar-refractivity contribution < 1.29 is 9.90 Å². The SMILES string of the molecule is CCC(C(=O)O)n1cc(Br)c(C(C)C)n1. The molecule has 1 heterocycles. The summed E-state index contributed by atoms with van der Waals surface area (Å²) in [6.07, 6.45) is 2.26. The van der Waals surface area contributed by atoms with Crippen molar-refractivity contribution in [1.29, 1.82) is 0 Å². The molecule has 1 atom stereocenters. The van der Waals surface area contributed by atoms with E-state index in [2.05, 4.69) is 21.0 Å². The zero-order valence-corrected chi connectivity index (χ0v) is 10.7. The Labute approximate surface area is 97.4 Å². The van der Waals surface area contributed by atoms with Crippen LogP contribution in [0, 0.1) is 0 Å². The molecule has 0 saturated heterocycles. The molecule has 0 aromatic carbocycles. The van der Waals surface area contributed by atoms with Gasteiger partial charge in [0.2, 0.25) is 0 Å². The summed E-state index contributed by atoms with van der Waals surface area (Å²) in [4.78, 5) is 10.9. The van der Waals surface area contributed by atoms with Crippen molar-refractivity contribution in [2.24, 2.45) is 0 Å². The Kier molecular flexibility index (Phi) is 3.90. The summed E-state index contributed by atoms with van der Waals surface area (Å²) >= 11 is 3.39. The molecule has 0 aliphatic rings. The Hall–Kier alpha value is -0.840. The third kappa shape index (κ3) is 2.59. The highest BCUT2D eigenvalue weighted by molar-refractivity contribution is 9.10. The lowest BCUT2D eigenvalue weighted by Gasteiger charge is -2.09. The fourth-order valence-corrected chi connectivity index (χ4v) is 2.16. The molecule has 0 saturated carbocycles. The Morgan fingerprint density at radius 1 is 1.67 bits per heavy atom. The molecule has 0 fully saturated rings. The summed E-state index contributed by atoms with van der Waals surface area (Å²) in [5.41, 5.74) is 0.898. The van der Waals surface area contributed by atoms with E-state index in [0.717, 1.165) is 10.2 Å². The molecule has 1 N–H and O–H groups in total. The standard InChI is InChI=1S/C10H15BrN2O2/c1-4-8(10(14)15)13-5-7(11)9(12-13)6(2)3/h5-6,8H,4H2,1-3H3,(H,14,15). The van der Waals surface area contributed by atoms with Gasteiger partial charge in [-0.05, 0) is 28.3 Å². The van der Waals surface area contributed by atoms with Crippen molar-refractivity contribution in [3.8, 4) is 0 Å². The van der Waals surface area contributed by atoms with E-state index in [4.69, 9.17) is 5.11 Å². The van der Waals surface area contributed by atoms with Gasteiger partial charge in [0, 0.05) is 6.20 Å². The Bertz CT molecular complexity index is 360. The van der Waals surface area contributed by atoms with Gasteiger partial charge in [0.05, 0.1) is 10.2 Å². The second kappa shape index (κ2) is 4.79. The van der Waals surface area contributed by atoms with Crippen molar-refractivity contribution >= 4 is 21.9 Å². The Morgan fingerprint density at radius 3 is 2.60 bits per heavy atom. The van der Waals surface area contributed by atoms with Gasteiger partial charge < -0.3 is 5.11 Å². The van der Waals surface area contributed by atoms with Gasteiger partial charge in [-0.25, -0.2) is 4.79 Å². The van der Waals surface area contributed by atoms with Gasteiger partial charge in [-0.2, -0.15) is 5.10 Å². The van der Waals surface area contributed by atoms with E-state index in [0.29, 0.717) is 6.42 Å². The van der Waals surface area contributed by atoms with Crippen molar-refractivity contribution in [3.63, 3.8) is 0 Å². The van der Waals surface area contributed by atoms with Crippen molar-refractivity contribution in [2.45, 2.75) is 39.2 Å². The van der Waals surface area contributed by atoms with E-state index in [9.17, 15) is 4.79 Å². The van der Waals surface area contributed by atoms with Gasteiger partial charge in [0.1, 0.15) is 6.04 Å². The van der Waals surface area contributed by atoms with Crippen molar-refractivity contribution in [2.75, 3.05) is 0 Å². The van der Waals surface area contributed by atoms with E-state index < -0.39 is 12.0 Å². The monoisotopic (exact) mass is 274 g/mol. The van der Waals surface area contributed by atoms with E-state index in [1.165, 1.54) is 4.68 Å². The second-order valence-electron chi connectivity index (χ2n) is 3.76. The quantitative estimate of drug-likeness (QED) is 0.919. The number of carboxylic acids is 1. The van der Waals surface area contributed by atoms with Gasteiger partial charge in [-0.1, -0.05) is 20.8 Å². The third-order valence-electron chi connectivity index (χ3n) is 2.25. The maximum Gasteiger partial charge on any atom is 0.328 e. The molecule has 1 aromatic heterocycles. The number of hydrogen-bond acceptors (Lipinski definition) is 2. The molecule has 1 unspecified atom stereocenters. The molecule has 4 nitrogen and oxygen atoms in total. The van der Waals surface area contributed by atoms with Crippen LogP contribution >= 0.6 is 15.9 Å². The van der Waals surface area contributed by atoms with E-state index in [1.807, 2.05) is 20.8 Å². The Morgan fingerprint density at radius 2 is 2.27 bits per heavy atom. The largest absolute Gasteiger partial charge is 0.480 e. The molecule has 1 rings (SSSR count). The molecule has 0 aliphatic heterocycles. The maximum absolute atomic E-state index is 10.9. The number of hydrogen-bond donors (Lipinski definition) is 1. The zero-order chi connectivity index (χ0) is 11.6. The highest BCUT2D eigenvalue weighted by Crippen LogP contribution is 2.25. The molecule has 0 bridgehead atoms. The van der Waals surface area contributed by atoms with Gasteiger partial charge in [-0.3, -0.25) is 4.68 Å². The average molecular weight is 275 g/mol. The van der Waals surface area contributed by atoms with Crippen LogP contribution < -0.4 is 0 Å². The summed E-state index contributed by atoms with van der Waals surface area (Å²) < 4.78 is 2.39. The number of carbonyl (C=O) groups is 1. The van der Waals surface area contributed by atoms with Crippen LogP contribution in [0.3, 0.4) is 0 Å². The minimum Gasteiger partial charge on any atom is -0.480 e. The average Bonchev–Trinajstić information content (AvgIpc) is 2.48. The minimum atomic E-state index is -0.845. The van der Waals surface area contributed by atoms with Crippen LogP contribution in [0.5, 0.6) is 0 Å². The van der Waals surface area contributed by atoms with Gasteiger partial charge >= 0.3 is 5.97 Å². The molecule has 0 radical (unpaired) electrons. The summed E-state index contributed by atoms with van der Waals surface area (Å²) in [7, 11) is 0. The number of rotatable bonds is 4. The number of aromatic nitrogens is 2. The highest BCUT2D eigenvalue weighted by Gasteiger charge is 2.20. The lowest BCUT2D eigenvalue weighted by atomic mass is 10.1. The Balaban J connectivity index is 3.05. The molecule has 5 heteroatoms. The van der Waals surface area contributed by atoms with Crippen LogP contribution in [0.25, 0.3) is 0 Å². The lowest BCUT2D eigenvalue weighted by Crippen LogP contribution is -2.18. The third-order valence-corrected chi connectivity index (χ3v) is 2.86. The number of nitrogens with zero attached hydrogens (tertiary/aromatic N) is 2. The predicted molar refractivity (Wildman–Crippen MR) is 61.0 cm³/mol. The second-order valence-corrected chi connectivity index (χ2v) is 4.61. The first-order valence-electron chi connectivity index (χ1n) is 4.94. The van der Waals surface area contributed by atoms with Crippen LogP contribution in [0.2, 0.25) is 0 Å². The molecular formula is C10H15BrN2O2. The topological polar surface area (TPSA) is 55.1 Å². The van der Waals surface area contributed by atoms with Crippen LogP contribution in [0.4, 0.5) is 0 Å². The first kappa shape index (κ1) is 12.2. The summed E-state index contributed by atoms with van der Waals surface area (Å²) in [6, 6.07) is -0.575. The summed E-state index contributed by atoms with van der Waals surface area (Å²) in [6.45, 7) is 5.89. The fraction of sp³-hybridized carbons (Fsp3) is 0.600. The first-order chi connectivity index (χ1) is 6.97. The van der Waals surface area contributed by atoms with E-state index >= 15 is 0 Å². The number of aliphatic carboxylic acids is 1. The van der Waals surface area contributed by atoms with E-state index in [-0.39, 0.29) is 5.92 Å². The van der Waals surface area contributed by atoms with Crippen LogP contribution in [0.15, 0.2) is 10.7 Å². The molecular weight excluding hydrogens is 260 g/mol. The predicted octanol–water partition coefficient (Wildman–Crippen LogP) is 2.80. The minimum absolute atomic E-state index is 0.284. The molecule has 1 aromatic rings. The maximum atomic E-state index is 10.9. The van der Waals surface area contributed by atoms with Crippen LogP contribution in [0.1, 0.15) is 44.8 Å². The van der Waals surface area contributed by atoms with Crippen LogP contribution in [-0.4, -0.2) is 20.9 Å². The normalized spacial score (nSPS) is 13.1. The van der Waals surface area contributed by atoms with Crippen molar-refractivity contribution in [3.05, 3.63) is 16.4 Å². The van der Waals surface area contributed by atoms with Gasteiger partial charge in [0.15, 0.2) is 0 Å². The van der Waals surface area contributed by atoms with Gasteiger partial charge in [0.25, 0.3) is 0 Å². The molecule has 0 aliphatic carbocycles. The molecule has 84 valence electrons. The van der Waals surface area contributed by atoms with E-state index in [1.54, 1.807) is 6.20 Å². The van der Waals surface area contributed by atoms with Gasteiger partial charge in [-0.15, -0.1) is 0 Å². The lowest BCUT2D eigenvalue weighted by molar-refractivity contribution is -0.141. The molecule has 0 amide bonds. The van der Waals surface area contributed by atoms with Crippen LogP contribution in [-0.2, 0) is 4.79 Å². The number of carboxylic acid groups (broad SMARTS) is 1.